The third-order valence-corrected chi connectivity index (χ3v) is 0. The molecule has 0 bridgehead atoms. The second-order valence-corrected chi connectivity index (χ2v) is 0.902. The van der Waals surface area contributed by atoms with E-state index in [0.717, 1.165) is 0 Å². The normalized spacial score (nSPS) is 10.0. The zero-order chi connectivity index (χ0) is 4.50. The van der Waals surface area contributed by atoms with E-state index in [4.69, 9.17) is 0 Å². The molecule has 0 atom stereocenters. The predicted molar refractivity (Wildman–Crippen MR) is 14.9 cm³/mol. The minimum Gasteiger partial charge on any atom is -0.449 e. The molecule has 0 nitrogen and oxygen atoms in total. The monoisotopic (exact) mass is 216 g/mol. The fourth-order valence-electron chi connectivity index (χ4n) is 0. The summed E-state index contributed by atoms with van der Waals surface area (Å²) >= 11 is 0. The Balaban J connectivity index is 0. The van der Waals surface area contributed by atoms with Crippen LogP contribution in [0.3, 0.4) is 0 Å². The molecule has 0 amide bonds. The van der Waals surface area contributed by atoms with E-state index in [2.05, 4.69) is 0 Å². The van der Waals surface area contributed by atoms with Crippen LogP contribution in [-0.4, -0.2) is 6.98 Å². The van der Waals surface area contributed by atoms with Gasteiger partial charge in [-0.15, -0.1) is 0 Å². The molecular weight excluding hydrogens is 213 g/mol. The van der Waals surface area contributed by atoms with Crippen molar-refractivity contribution in [3.8, 4) is 0 Å². The number of hydrogen-bond donors (Lipinski definition) is 0. The van der Waals surface area contributed by atoms with Crippen molar-refractivity contribution in [3.05, 3.63) is 0 Å². The molecule has 0 rings (SSSR count). The van der Waals surface area contributed by atoms with Gasteiger partial charge >= 0.3 is 75.9 Å². The minimum absolute atomic E-state index is 0. The summed E-state index contributed by atoms with van der Waals surface area (Å²) in [6, 6.07) is 0. The Morgan fingerprint density at radius 1 is 1.17 bits per heavy atom. The second kappa shape index (κ2) is 3.85. The van der Waals surface area contributed by atoms with Gasteiger partial charge in [0.1, 0.15) is 0 Å². The van der Waals surface area contributed by atoms with Crippen molar-refractivity contribution >= 4 is 6.98 Å². The van der Waals surface area contributed by atoms with Crippen molar-refractivity contribution in [1.29, 1.82) is 0 Å². The van der Waals surface area contributed by atoms with Gasteiger partial charge in [-0.2, -0.15) is 0 Å². The summed E-state index contributed by atoms with van der Waals surface area (Å²) in [5.41, 5.74) is 0. The van der Waals surface area contributed by atoms with E-state index in [-0.39, 0.29) is 75.7 Å². The van der Waals surface area contributed by atoms with Crippen LogP contribution in [0.15, 0.2) is 0 Å². The summed E-state index contributed by atoms with van der Waals surface area (Å²) in [5.74, 6) is 0. The van der Waals surface area contributed by atoms with Gasteiger partial charge < -0.3 is 12.9 Å². The van der Waals surface area contributed by atoms with Gasteiger partial charge in [0.25, 0.3) is 0 Å². The zero-order valence-corrected chi connectivity index (χ0v) is 9.99. The van der Waals surface area contributed by atoms with Crippen LogP contribution in [0.4, 0.5) is 12.9 Å². The average molecular weight is 216 g/mol. The Morgan fingerprint density at radius 2 is 1.17 bits per heavy atom. The Hall–Kier alpha value is 1.91. The Morgan fingerprint density at radius 3 is 1.17 bits per heavy atom. The molecule has 0 unspecified atom stereocenters. The minimum atomic E-state index is -4.50. The molecule has 0 saturated carbocycles. The Kier molecular flexibility index (Phi) is 6.95. The maximum absolute atomic E-state index is 10.4. The topological polar surface area (TPSA) is 0 Å². The second-order valence-electron chi connectivity index (χ2n) is 0.902. The van der Waals surface area contributed by atoms with Gasteiger partial charge in [0, 0.05) is 0 Å². The van der Waals surface area contributed by atoms with Crippen molar-refractivity contribution in [2.45, 2.75) is 6.82 Å². The van der Waals surface area contributed by atoms with Gasteiger partial charge in [0.2, 0.25) is 0 Å². The van der Waals surface area contributed by atoms with E-state index >= 15 is 0 Å². The summed E-state index contributed by atoms with van der Waals surface area (Å²) in [6.45, 7) is -4.25. The molecule has 5 heteroatoms. The molecule has 0 heterocycles. The molecule has 0 aliphatic carbocycles. The van der Waals surface area contributed by atoms with Crippen LogP contribution in [-0.2, 0) is 0 Å². The molecule has 0 aromatic carbocycles. The molecule has 0 aliphatic heterocycles. The van der Waals surface area contributed by atoms with Crippen LogP contribution >= 0.6 is 0 Å². The van der Waals surface area contributed by atoms with Crippen molar-refractivity contribution in [1.82, 2.24) is 0 Å². The van der Waals surface area contributed by atoms with Crippen LogP contribution < -0.4 is 68.9 Å². The maximum Gasteiger partial charge on any atom is 1.00 e. The Labute approximate surface area is 93.3 Å². The van der Waals surface area contributed by atoms with Gasteiger partial charge in [-0.1, -0.05) is 6.82 Å². The van der Waals surface area contributed by atoms with Gasteiger partial charge in [-0.25, -0.2) is 0 Å². The molecule has 0 spiro atoms. The SMILES string of the molecule is C[B-](F)(F)F.[Cs+]. The van der Waals surface area contributed by atoms with Gasteiger partial charge in [-0.3, -0.25) is 0 Å². The van der Waals surface area contributed by atoms with E-state index in [1.807, 2.05) is 0 Å². The van der Waals surface area contributed by atoms with Crippen LogP contribution in [0, 0.1) is 0 Å². The van der Waals surface area contributed by atoms with Crippen molar-refractivity contribution < 1.29 is 81.8 Å². The van der Waals surface area contributed by atoms with Crippen LogP contribution in [0.1, 0.15) is 0 Å². The summed E-state index contributed by atoms with van der Waals surface area (Å²) < 4.78 is 31.2. The first kappa shape index (κ1) is 10.8. The third kappa shape index (κ3) is 39.1. The van der Waals surface area contributed by atoms with Crippen LogP contribution in [0.2, 0.25) is 6.82 Å². The summed E-state index contributed by atoms with van der Waals surface area (Å²) in [5, 5.41) is 0. The molecule has 0 N–H and O–H groups in total. The van der Waals surface area contributed by atoms with Crippen molar-refractivity contribution in [2.24, 2.45) is 0 Å². The molecule has 0 aromatic rings. The smallest absolute Gasteiger partial charge is 0.449 e. The standard InChI is InChI=1S/CH3BF3.Cs/c1-2(3,4)5;/h1H3;/q-1;+1. The molecule has 0 saturated heterocycles. The molecule has 0 fully saturated rings. The van der Waals surface area contributed by atoms with E-state index in [1.54, 1.807) is 0 Å². The van der Waals surface area contributed by atoms with Gasteiger partial charge in [0.15, 0.2) is 0 Å². The van der Waals surface area contributed by atoms with E-state index < -0.39 is 6.98 Å². The van der Waals surface area contributed by atoms with Crippen LogP contribution in [0.25, 0.3) is 0 Å². The number of hydrogen-bond acceptors (Lipinski definition) is 0. The summed E-state index contributed by atoms with van der Waals surface area (Å²) in [6.07, 6.45) is 0. The fraction of sp³-hybridized carbons (Fsp3) is 1.00. The molecular formula is CH3BCsF3. The van der Waals surface area contributed by atoms with E-state index in [1.165, 1.54) is 0 Å². The molecule has 6 heavy (non-hydrogen) atoms. The molecule has 0 aliphatic rings. The first-order valence-corrected chi connectivity index (χ1v) is 1.23. The van der Waals surface area contributed by atoms with Crippen molar-refractivity contribution in [3.63, 3.8) is 0 Å². The quantitative estimate of drug-likeness (QED) is 0.430. The van der Waals surface area contributed by atoms with E-state index in [9.17, 15) is 12.9 Å². The largest absolute Gasteiger partial charge is 1.00 e. The van der Waals surface area contributed by atoms with Gasteiger partial charge in [-0.05, 0) is 0 Å². The van der Waals surface area contributed by atoms with Crippen molar-refractivity contribution in [2.75, 3.05) is 0 Å². The summed E-state index contributed by atoms with van der Waals surface area (Å²) in [4.78, 5) is 0. The summed E-state index contributed by atoms with van der Waals surface area (Å²) in [7, 11) is 0. The maximum atomic E-state index is 10.4. The molecule has 0 aromatic heterocycles. The number of halogens is 3. The van der Waals surface area contributed by atoms with Crippen LogP contribution in [0.5, 0.6) is 0 Å². The third-order valence-electron chi connectivity index (χ3n) is 0. The van der Waals surface area contributed by atoms with Gasteiger partial charge in [0.05, 0.1) is 0 Å². The Bertz CT molecular complexity index is 26.3. The van der Waals surface area contributed by atoms with E-state index in [0.29, 0.717) is 0 Å². The first-order chi connectivity index (χ1) is 2.00. The molecule has 0 radical (unpaired) electrons. The fourth-order valence-corrected chi connectivity index (χ4v) is 0. The average Bonchev–Trinajstić information content (AvgIpc) is 0.722. The first-order valence-electron chi connectivity index (χ1n) is 1.23. The predicted octanol–water partition coefficient (Wildman–Crippen LogP) is -1.53. The molecule has 32 valence electrons. The zero-order valence-electron chi connectivity index (χ0n) is 3.71. The number of rotatable bonds is 0.